The summed E-state index contributed by atoms with van der Waals surface area (Å²) in [5.41, 5.74) is -1.83. The number of ether oxygens (including phenoxy) is 2. The van der Waals surface area contributed by atoms with Crippen LogP contribution in [0.3, 0.4) is 0 Å². The normalized spacial score (nSPS) is 20.9. The molecule has 3 rings (SSSR count). The summed E-state index contributed by atoms with van der Waals surface area (Å²) >= 11 is 0. The Labute approximate surface area is 166 Å². The van der Waals surface area contributed by atoms with Crippen LogP contribution in [0.15, 0.2) is 6.20 Å². The molecule has 0 spiro atoms. The van der Waals surface area contributed by atoms with Gasteiger partial charge in [-0.2, -0.15) is 5.26 Å². The first-order valence-electron chi connectivity index (χ1n) is 9.31. The van der Waals surface area contributed by atoms with E-state index in [9.17, 15) is 18.8 Å². The van der Waals surface area contributed by atoms with Crippen molar-refractivity contribution in [3.8, 4) is 6.07 Å². The second-order valence-electron chi connectivity index (χ2n) is 7.61. The predicted molar refractivity (Wildman–Crippen MR) is 99.7 cm³/mol. The molecule has 0 aromatic carbocycles. The van der Waals surface area contributed by atoms with Gasteiger partial charge in [0.15, 0.2) is 5.82 Å². The molecule has 1 fully saturated rings. The zero-order valence-electron chi connectivity index (χ0n) is 16.7. The van der Waals surface area contributed by atoms with Crippen molar-refractivity contribution in [2.45, 2.75) is 57.8 Å². The van der Waals surface area contributed by atoms with Gasteiger partial charge in [0.25, 0.3) is 0 Å². The molecule has 3 atom stereocenters. The third-order valence-corrected chi connectivity index (χ3v) is 5.15. The van der Waals surface area contributed by atoms with Gasteiger partial charge in [-0.3, -0.25) is 4.79 Å². The smallest absolute Gasteiger partial charge is 0.303 e. The molecule has 8 nitrogen and oxygen atoms in total. The molecule has 1 saturated heterocycles. The first-order valence-corrected chi connectivity index (χ1v) is 9.31. The molecule has 0 radical (unpaired) electrons. The number of nitrogens with zero attached hydrogens (tertiary/aromatic N) is 4. The lowest BCUT2D eigenvalue weighted by atomic mass is 9.90. The molecule has 2 aromatic heterocycles. The third-order valence-electron chi connectivity index (χ3n) is 5.15. The summed E-state index contributed by atoms with van der Waals surface area (Å²) in [4.78, 5) is 15.4. The van der Waals surface area contributed by atoms with E-state index in [4.69, 9.17) is 9.47 Å². The van der Waals surface area contributed by atoms with Gasteiger partial charge in [0.1, 0.15) is 28.9 Å². The Morgan fingerprint density at radius 2 is 2.28 bits per heavy atom. The molecule has 29 heavy (non-hydrogen) atoms. The van der Waals surface area contributed by atoms with Crippen molar-refractivity contribution in [1.82, 2.24) is 14.6 Å². The quantitative estimate of drug-likeness (QED) is 0.761. The summed E-state index contributed by atoms with van der Waals surface area (Å²) in [6.45, 7) is 6.31. The van der Waals surface area contributed by atoms with E-state index in [2.05, 4.69) is 15.4 Å². The molecule has 2 aromatic rings. The Morgan fingerprint density at radius 1 is 1.55 bits per heavy atom. The number of aromatic nitrogens is 3. The number of carbonyl (C=O) groups excluding carboxylic acids is 1. The second-order valence-corrected chi connectivity index (χ2v) is 7.61. The molecular weight excluding hydrogens is 384 g/mol. The molecule has 1 aliphatic rings. The number of nitriles is 1. The summed E-state index contributed by atoms with van der Waals surface area (Å²) < 4.78 is 41.1. The number of halogens is 2. The maximum absolute atomic E-state index is 14.7. The van der Waals surface area contributed by atoms with Crippen molar-refractivity contribution in [3.63, 3.8) is 0 Å². The SMILES string of the molecule is CC(=O)O[C@@H]1COCC[C@H]1Nc1ncc2c(F)c(C#N)c(C(C)C(C)(C)F)n2n1. The highest BCUT2D eigenvalue weighted by atomic mass is 19.1. The molecule has 0 aliphatic carbocycles. The number of fused-ring (bicyclic) bond motifs is 1. The molecule has 0 saturated carbocycles. The van der Waals surface area contributed by atoms with Crippen LogP contribution in [0.2, 0.25) is 0 Å². The Hall–Kier alpha value is -2.80. The second kappa shape index (κ2) is 7.91. The van der Waals surface area contributed by atoms with Crippen LogP contribution in [0.1, 0.15) is 51.3 Å². The van der Waals surface area contributed by atoms with Crippen LogP contribution in [0.5, 0.6) is 0 Å². The number of hydrogen-bond donors (Lipinski definition) is 1. The third kappa shape index (κ3) is 4.15. The standard InChI is InChI=1S/C19H23F2N5O3/c1-10(19(3,4)21)17-12(7-22)16(20)14-8-23-18(25-26(14)17)24-13-5-6-28-9-15(13)29-11(2)27/h8,10,13,15H,5-6,9H2,1-4H3,(H,24,25)/t10?,13-,15-/m1/s1. The molecule has 0 bridgehead atoms. The lowest BCUT2D eigenvalue weighted by molar-refractivity contribution is -0.153. The average Bonchev–Trinajstić information content (AvgIpc) is 2.92. The Bertz CT molecular complexity index is 963. The minimum Gasteiger partial charge on any atom is -0.458 e. The molecule has 0 amide bonds. The maximum atomic E-state index is 14.7. The van der Waals surface area contributed by atoms with E-state index in [0.29, 0.717) is 13.0 Å². The molecule has 156 valence electrons. The predicted octanol–water partition coefficient (Wildman–Crippen LogP) is 2.72. The molecule has 10 heteroatoms. The number of hydrogen-bond acceptors (Lipinski definition) is 7. The van der Waals surface area contributed by atoms with Crippen molar-refractivity contribution >= 4 is 17.4 Å². The van der Waals surface area contributed by atoms with Gasteiger partial charge in [0, 0.05) is 19.4 Å². The Kier molecular flexibility index (Phi) is 5.71. The van der Waals surface area contributed by atoms with E-state index in [0.717, 1.165) is 0 Å². The zero-order valence-corrected chi connectivity index (χ0v) is 16.7. The number of anilines is 1. The van der Waals surface area contributed by atoms with Gasteiger partial charge in [0.2, 0.25) is 5.95 Å². The molecule has 1 unspecified atom stereocenters. The van der Waals surface area contributed by atoms with Crippen LogP contribution in [0, 0.1) is 17.1 Å². The topological polar surface area (TPSA) is 102 Å². The van der Waals surface area contributed by atoms with Crippen molar-refractivity contribution in [2.24, 2.45) is 0 Å². The summed E-state index contributed by atoms with van der Waals surface area (Å²) in [5, 5.41) is 16.8. The van der Waals surface area contributed by atoms with E-state index in [-0.39, 0.29) is 35.4 Å². The van der Waals surface area contributed by atoms with Gasteiger partial charge in [-0.25, -0.2) is 18.3 Å². The number of carbonyl (C=O) groups is 1. The fourth-order valence-electron chi connectivity index (χ4n) is 3.30. The molecule has 1 aliphatic heterocycles. The van der Waals surface area contributed by atoms with Crippen molar-refractivity contribution in [3.05, 3.63) is 23.3 Å². The minimum atomic E-state index is -1.70. The average molecular weight is 407 g/mol. The van der Waals surface area contributed by atoms with Crippen LogP contribution < -0.4 is 5.32 Å². The van der Waals surface area contributed by atoms with Gasteiger partial charge >= 0.3 is 5.97 Å². The number of nitrogens with one attached hydrogen (secondary N) is 1. The summed E-state index contributed by atoms with van der Waals surface area (Å²) in [6.07, 6.45) is 1.26. The highest BCUT2D eigenvalue weighted by Gasteiger charge is 2.34. The summed E-state index contributed by atoms with van der Waals surface area (Å²) in [5.74, 6) is -1.87. The largest absolute Gasteiger partial charge is 0.458 e. The minimum absolute atomic E-state index is 0.0123. The van der Waals surface area contributed by atoms with Crippen molar-refractivity contribution in [1.29, 1.82) is 5.26 Å². The van der Waals surface area contributed by atoms with Gasteiger partial charge in [-0.05, 0) is 20.3 Å². The molecule has 1 N–H and O–H groups in total. The molecule has 3 heterocycles. The van der Waals surface area contributed by atoms with Crippen LogP contribution >= 0.6 is 0 Å². The van der Waals surface area contributed by atoms with Crippen molar-refractivity contribution in [2.75, 3.05) is 18.5 Å². The fraction of sp³-hybridized carbons (Fsp3) is 0.579. The van der Waals surface area contributed by atoms with Gasteiger partial charge < -0.3 is 14.8 Å². The Morgan fingerprint density at radius 3 is 2.90 bits per heavy atom. The van der Waals surface area contributed by atoms with Gasteiger partial charge in [0.05, 0.1) is 24.5 Å². The highest BCUT2D eigenvalue weighted by Crippen LogP contribution is 2.35. The summed E-state index contributed by atoms with van der Waals surface area (Å²) in [6, 6.07) is 1.51. The van der Waals surface area contributed by atoms with E-state index < -0.39 is 29.5 Å². The first kappa shape index (κ1) is 20.9. The van der Waals surface area contributed by atoms with Gasteiger partial charge in [-0.1, -0.05) is 6.92 Å². The Balaban J connectivity index is 2.01. The fourth-order valence-corrected chi connectivity index (χ4v) is 3.30. The highest BCUT2D eigenvalue weighted by molar-refractivity contribution is 5.66. The van der Waals surface area contributed by atoms with Crippen LogP contribution in [-0.2, 0) is 14.3 Å². The molecular formula is C19H23F2N5O3. The van der Waals surface area contributed by atoms with Gasteiger partial charge in [-0.15, -0.1) is 5.10 Å². The van der Waals surface area contributed by atoms with E-state index in [1.807, 2.05) is 6.07 Å². The summed E-state index contributed by atoms with van der Waals surface area (Å²) in [7, 11) is 0. The zero-order chi connectivity index (χ0) is 21.3. The van der Waals surface area contributed by atoms with E-state index >= 15 is 0 Å². The van der Waals surface area contributed by atoms with E-state index in [1.165, 1.54) is 31.5 Å². The van der Waals surface area contributed by atoms with Crippen LogP contribution in [-0.4, -0.2) is 51.6 Å². The lowest BCUT2D eigenvalue weighted by Crippen LogP contribution is -2.44. The van der Waals surface area contributed by atoms with E-state index in [1.54, 1.807) is 6.92 Å². The first-order chi connectivity index (χ1) is 13.6. The number of esters is 1. The number of alkyl halides is 1. The van der Waals surface area contributed by atoms with Crippen molar-refractivity contribution < 1.29 is 23.0 Å². The maximum Gasteiger partial charge on any atom is 0.303 e. The monoisotopic (exact) mass is 407 g/mol. The van der Waals surface area contributed by atoms with Crippen LogP contribution in [0.4, 0.5) is 14.7 Å². The van der Waals surface area contributed by atoms with Crippen LogP contribution in [0.25, 0.3) is 5.52 Å². The lowest BCUT2D eigenvalue weighted by Gasteiger charge is -2.31. The number of rotatable bonds is 5.